The smallest absolute Gasteiger partial charge is 0.326 e. The van der Waals surface area contributed by atoms with Gasteiger partial charge in [-0.1, -0.05) is 12.1 Å². The van der Waals surface area contributed by atoms with Crippen LogP contribution in [0.25, 0.3) is 11.2 Å². The van der Waals surface area contributed by atoms with Crippen LogP contribution >= 0.6 is 0 Å². The summed E-state index contributed by atoms with van der Waals surface area (Å²) in [5, 5.41) is 17.9. The minimum Gasteiger partial charge on any atom is -0.480 e. The lowest BCUT2D eigenvalue weighted by Gasteiger charge is -2.15. The van der Waals surface area contributed by atoms with Crippen LogP contribution in [0.3, 0.4) is 0 Å². The first-order valence-electron chi connectivity index (χ1n) is 12.6. The number of ether oxygens (including phenoxy) is 1. The number of nitrogens with zero attached hydrogens (tertiary/aromatic N) is 4. The second-order valence-electron chi connectivity index (χ2n) is 8.90. The number of nitrogen functional groups attached to an aromatic ring is 2. The van der Waals surface area contributed by atoms with Crippen molar-refractivity contribution < 1.29 is 29.0 Å². The molecule has 0 aliphatic rings. The van der Waals surface area contributed by atoms with E-state index in [9.17, 15) is 24.3 Å². The Kier molecular flexibility index (Phi) is 9.34. The van der Waals surface area contributed by atoms with Gasteiger partial charge in [-0.15, -0.1) is 0 Å². The number of hydrogen-bond acceptors (Lipinski definition) is 12. The molecule has 1 atom stereocenters. The van der Waals surface area contributed by atoms with Crippen LogP contribution in [-0.4, -0.2) is 61.9 Å². The average molecular weight is 574 g/mol. The van der Waals surface area contributed by atoms with Crippen LogP contribution < -0.4 is 32.2 Å². The van der Waals surface area contributed by atoms with Crippen LogP contribution in [0, 0.1) is 0 Å². The van der Waals surface area contributed by atoms with Gasteiger partial charge in [-0.2, -0.15) is 9.97 Å². The number of benzene rings is 2. The highest BCUT2D eigenvalue weighted by Crippen LogP contribution is 2.18. The van der Waals surface area contributed by atoms with Crippen molar-refractivity contribution in [3.05, 3.63) is 71.5 Å². The van der Waals surface area contributed by atoms with E-state index in [1.54, 1.807) is 36.4 Å². The van der Waals surface area contributed by atoms with Gasteiger partial charge in [0, 0.05) is 17.8 Å². The molecule has 2 amide bonds. The lowest BCUT2D eigenvalue weighted by molar-refractivity contribution is -0.139. The second-order valence-corrected chi connectivity index (χ2v) is 8.90. The summed E-state index contributed by atoms with van der Waals surface area (Å²) >= 11 is 0. The molecule has 4 aromatic rings. The lowest BCUT2D eigenvalue weighted by atomic mass is 10.1. The van der Waals surface area contributed by atoms with E-state index in [1.807, 2.05) is 0 Å². The van der Waals surface area contributed by atoms with Crippen LogP contribution in [-0.2, 0) is 16.1 Å². The van der Waals surface area contributed by atoms with Gasteiger partial charge in [0.15, 0.2) is 17.0 Å². The number of aromatic nitrogens is 4. The molecule has 4 rings (SSSR count). The minimum absolute atomic E-state index is 0.00784. The lowest BCUT2D eigenvalue weighted by Crippen LogP contribution is -2.41. The Balaban J connectivity index is 1.27. The summed E-state index contributed by atoms with van der Waals surface area (Å²) in [5.74, 6) is -2.01. The molecule has 216 valence electrons. The number of hydrogen-bond donors (Lipinski definition) is 6. The fourth-order valence-corrected chi connectivity index (χ4v) is 3.91. The molecule has 0 saturated heterocycles. The molecular formula is C27H27N9O6. The van der Waals surface area contributed by atoms with E-state index >= 15 is 0 Å². The first-order chi connectivity index (χ1) is 20.2. The van der Waals surface area contributed by atoms with Crippen molar-refractivity contribution in [3.63, 3.8) is 0 Å². The number of carbonyl (C=O) groups excluding carboxylic acids is 3. The normalized spacial score (nSPS) is 11.3. The SMILES string of the molecule is Nc1nc(N)c2nc(CNc3ccc(C(=O)N[C@@H](CCCNC(=O)c4ccccc4OC=O)C(=O)O)cc3)cnc2n1. The Morgan fingerprint density at radius 3 is 2.50 bits per heavy atom. The Morgan fingerprint density at radius 2 is 1.76 bits per heavy atom. The number of amides is 2. The number of para-hydroxylation sites is 1. The first kappa shape index (κ1) is 29.1. The fourth-order valence-electron chi connectivity index (χ4n) is 3.91. The predicted molar refractivity (Wildman–Crippen MR) is 151 cm³/mol. The predicted octanol–water partition coefficient (Wildman–Crippen LogP) is 1.12. The third kappa shape index (κ3) is 7.41. The molecule has 0 aliphatic heterocycles. The van der Waals surface area contributed by atoms with Gasteiger partial charge in [0.25, 0.3) is 18.3 Å². The summed E-state index contributed by atoms with van der Waals surface area (Å²) in [6.45, 7) is 0.664. The average Bonchev–Trinajstić information content (AvgIpc) is 2.98. The van der Waals surface area contributed by atoms with Crippen molar-refractivity contribution in [2.45, 2.75) is 25.4 Å². The molecular weight excluding hydrogens is 546 g/mol. The van der Waals surface area contributed by atoms with Crippen molar-refractivity contribution >= 4 is 52.9 Å². The van der Waals surface area contributed by atoms with Crippen LogP contribution in [0.4, 0.5) is 17.5 Å². The van der Waals surface area contributed by atoms with E-state index in [-0.39, 0.29) is 60.1 Å². The number of carboxylic acid groups (broad SMARTS) is 1. The maximum atomic E-state index is 12.7. The Labute approximate surface area is 238 Å². The molecule has 0 radical (unpaired) electrons. The number of nitrogens with one attached hydrogen (secondary N) is 3. The monoisotopic (exact) mass is 573 g/mol. The second kappa shape index (κ2) is 13.5. The Hall–Kier alpha value is -5.86. The summed E-state index contributed by atoms with van der Waals surface area (Å²) in [7, 11) is 0. The number of aliphatic carboxylic acids is 1. The number of carboxylic acids is 1. The summed E-state index contributed by atoms with van der Waals surface area (Å²) in [5.41, 5.74) is 13.7. The molecule has 8 N–H and O–H groups in total. The summed E-state index contributed by atoms with van der Waals surface area (Å²) < 4.78 is 4.79. The van der Waals surface area contributed by atoms with Crippen molar-refractivity contribution in [3.8, 4) is 5.75 Å². The standard InChI is InChI=1S/C27H27N9O6/c28-22-21-23(36-27(29)35-22)32-13-17(33-21)12-31-16-9-7-15(8-10-16)24(38)34-19(26(40)41)5-3-11-30-25(39)18-4-1-2-6-20(18)42-14-37/h1-2,4,6-10,13-14,19,31H,3,5,11-12H2,(H,30,39)(H,34,38)(H,40,41)(H4,28,29,32,35,36)/t19-/m0/s1. The molecule has 42 heavy (non-hydrogen) atoms. The molecule has 2 aromatic carbocycles. The highest BCUT2D eigenvalue weighted by Gasteiger charge is 2.21. The molecule has 0 bridgehead atoms. The van der Waals surface area contributed by atoms with Crippen molar-refractivity contribution in [1.82, 2.24) is 30.6 Å². The number of carbonyl (C=O) groups is 4. The number of rotatable bonds is 13. The largest absolute Gasteiger partial charge is 0.480 e. The van der Waals surface area contributed by atoms with Gasteiger partial charge in [0.1, 0.15) is 11.8 Å². The van der Waals surface area contributed by atoms with Gasteiger partial charge in [-0.05, 0) is 49.2 Å². The van der Waals surface area contributed by atoms with Gasteiger partial charge in [0.05, 0.1) is 24.0 Å². The number of fused-ring (bicyclic) bond motifs is 1. The van der Waals surface area contributed by atoms with Gasteiger partial charge in [0.2, 0.25) is 5.95 Å². The molecule has 15 nitrogen and oxygen atoms in total. The van der Waals surface area contributed by atoms with Gasteiger partial charge in [-0.25, -0.2) is 14.8 Å². The zero-order chi connectivity index (χ0) is 30.1. The zero-order valence-electron chi connectivity index (χ0n) is 22.1. The maximum absolute atomic E-state index is 12.7. The van der Waals surface area contributed by atoms with E-state index in [1.165, 1.54) is 18.3 Å². The summed E-state index contributed by atoms with van der Waals surface area (Å²) in [4.78, 5) is 63.9. The molecule has 0 aliphatic carbocycles. The molecule has 0 saturated carbocycles. The summed E-state index contributed by atoms with van der Waals surface area (Å²) in [6.07, 6.45) is 1.87. The third-order valence-electron chi connectivity index (χ3n) is 5.99. The molecule has 0 fully saturated rings. The van der Waals surface area contributed by atoms with E-state index in [0.29, 0.717) is 23.4 Å². The fraction of sp³-hybridized carbons (Fsp3) is 0.185. The van der Waals surface area contributed by atoms with E-state index in [2.05, 4.69) is 35.9 Å². The zero-order valence-corrected chi connectivity index (χ0v) is 22.1. The minimum atomic E-state index is -1.21. The van der Waals surface area contributed by atoms with Crippen LogP contribution in [0.2, 0.25) is 0 Å². The maximum Gasteiger partial charge on any atom is 0.326 e. The summed E-state index contributed by atoms with van der Waals surface area (Å²) in [6, 6.07) is 11.5. The van der Waals surface area contributed by atoms with Crippen LogP contribution in [0.1, 0.15) is 39.3 Å². The molecule has 0 unspecified atom stereocenters. The highest BCUT2D eigenvalue weighted by molar-refractivity contribution is 5.97. The van der Waals surface area contributed by atoms with Gasteiger partial charge in [-0.3, -0.25) is 14.4 Å². The number of nitrogens with two attached hydrogens (primary N) is 2. The molecule has 15 heteroatoms. The topological polar surface area (TPSA) is 237 Å². The molecule has 0 spiro atoms. The van der Waals surface area contributed by atoms with Gasteiger partial charge >= 0.3 is 5.97 Å². The first-order valence-corrected chi connectivity index (χ1v) is 12.6. The molecule has 2 heterocycles. The number of anilines is 3. The van der Waals surface area contributed by atoms with Crippen LogP contribution in [0.5, 0.6) is 5.75 Å². The van der Waals surface area contributed by atoms with Crippen LogP contribution in [0.15, 0.2) is 54.7 Å². The van der Waals surface area contributed by atoms with E-state index < -0.39 is 23.8 Å². The Bertz CT molecular complexity index is 1610. The Morgan fingerprint density at radius 1 is 1.00 bits per heavy atom. The van der Waals surface area contributed by atoms with Crippen molar-refractivity contribution in [2.24, 2.45) is 0 Å². The van der Waals surface area contributed by atoms with E-state index in [4.69, 9.17) is 16.2 Å². The van der Waals surface area contributed by atoms with Crippen molar-refractivity contribution in [2.75, 3.05) is 23.3 Å². The molecule has 2 aromatic heterocycles. The highest BCUT2D eigenvalue weighted by atomic mass is 16.5. The quantitative estimate of drug-likeness (QED) is 0.0972. The third-order valence-corrected chi connectivity index (χ3v) is 5.99. The van der Waals surface area contributed by atoms with Crippen molar-refractivity contribution in [1.29, 1.82) is 0 Å². The van der Waals surface area contributed by atoms with E-state index in [0.717, 1.165) is 0 Å². The van der Waals surface area contributed by atoms with Gasteiger partial charge < -0.3 is 37.3 Å².